The summed E-state index contributed by atoms with van der Waals surface area (Å²) in [6.45, 7) is -2.10. The van der Waals surface area contributed by atoms with Crippen molar-refractivity contribution < 1.29 is 23.0 Å². The fraction of sp³-hybridized carbons (Fsp3) is 0.133. The Morgan fingerprint density at radius 3 is 2.43 bits per heavy atom. The molecular formula is C15H13F2NO3. The third kappa shape index (κ3) is 4.45. The number of ether oxygens (including phenoxy) is 2. The van der Waals surface area contributed by atoms with E-state index in [1.54, 1.807) is 0 Å². The number of rotatable bonds is 3. The molecule has 2 aromatic carbocycles. The average molecular weight is 293 g/mol. The van der Waals surface area contributed by atoms with Gasteiger partial charge in [0.05, 0.1) is 0 Å². The zero-order valence-electron chi connectivity index (χ0n) is 11.0. The Morgan fingerprint density at radius 2 is 1.90 bits per heavy atom. The van der Waals surface area contributed by atoms with E-state index in [1.165, 1.54) is 29.8 Å². The van der Waals surface area contributed by atoms with Gasteiger partial charge in [0, 0.05) is 5.56 Å². The van der Waals surface area contributed by atoms with Crippen molar-refractivity contribution in [2.75, 3.05) is 0 Å². The third-order valence-corrected chi connectivity index (χ3v) is 2.67. The lowest BCUT2D eigenvalue weighted by atomic mass is 10.2. The van der Waals surface area contributed by atoms with Crippen molar-refractivity contribution in [1.29, 1.82) is 0 Å². The molecule has 0 spiro atoms. The molecule has 0 aliphatic carbocycles. The summed E-state index contributed by atoms with van der Waals surface area (Å²) in [5.41, 5.74) is 6.47. The molecular weight excluding hydrogens is 280 g/mol. The summed E-state index contributed by atoms with van der Waals surface area (Å²) in [7, 11) is 0. The van der Waals surface area contributed by atoms with Crippen LogP contribution in [0.15, 0.2) is 48.5 Å². The molecule has 1 aliphatic rings. The van der Waals surface area contributed by atoms with E-state index in [1.807, 2.05) is 12.1 Å². The van der Waals surface area contributed by atoms with Gasteiger partial charge in [0.25, 0.3) is 0 Å². The number of primary amides is 1. The summed E-state index contributed by atoms with van der Waals surface area (Å²) < 4.78 is 32.6. The maximum absolute atomic E-state index is 11.7. The van der Waals surface area contributed by atoms with Gasteiger partial charge < -0.3 is 15.2 Å². The SMILES string of the molecule is NC(=O)c1ccc(OC(F)F)cc1.c1cc2cc(c1)OC2. The van der Waals surface area contributed by atoms with Crippen LogP contribution in [0.1, 0.15) is 15.9 Å². The highest BCUT2D eigenvalue weighted by molar-refractivity contribution is 5.92. The van der Waals surface area contributed by atoms with E-state index in [2.05, 4.69) is 16.9 Å². The number of alkyl halides is 2. The number of carbonyl (C=O) groups is 1. The maximum Gasteiger partial charge on any atom is 0.387 e. The van der Waals surface area contributed by atoms with Crippen molar-refractivity contribution in [3.05, 3.63) is 59.7 Å². The molecule has 1 aliphatic heterocycles. The van der Waals surface area contributed by atoms with Crippen molar-refractivity contribution in [2.45, 2.75) is 13.2 Å². The lowest BCUT2D eigenvalue weighted by Gasteiger charge is -2.03. The minimum Gasteiger partial charge on any atom is -0.489 e. The molecule has 2 aromatic rings. The quantitative estimate of drug-likeness (QED) is 0.946. The Morgan fingerprint density at radius 1 is 1.19 bits per heavy atom. The van der Waals surface area contributed by atoms with Gasteiger partial charge in [-0.05, 0) is 42.0 Å². The predicted molar refractivity (Wildman–Crippen MR) is 72.4 cm³/mol. The topological polar surface area (TPSA) is 61.6 Å². The minimum atomic E-state index is -2.86. The molecule has 0 atom stereocenters. The molecule has 6 heteroatoms. The molecule has 0 saturated carbocycles. The van der Waals surface area contributed by atoms with Crippen LogP contribution in [-0.2, 0) is 6.61 Å². The highest BCUT2D eigenvalue weighted by Gasteiger charge is 2.05. The van der Waals surface area contributed by atoms with Crippen molar-refractivity contribution in [3.8, 4) is 11.5 Å². The van der Waals surface area contributed by atoms with Gasteiger partial charge in [-0.15, -0.1) is 0 Å². The summed E-state index contributed by atoms with van der Waals surface area (Å²) >= 11 is 0. The molecule has 1 heterocycles. The van der Waals surface area contributed by atoms with Crippen LogP contribution in [0.3, 0.4) is 0 Å². The van der Waals surface area contributed by atoms with Crippen LogP contribution in [0, 0.1) is 0 Å². The number of hydrogen-bond acceptors (Lipinski definition) is 3. The predicted octanol–water partition coefficient (Wildman–Crippen LogP) is 2.97. The first-order valence-electron chi connectivity index (χ1n) is 6.11. The molecule has 21 heavy (non-hydrogen) atoms. The molecule has 0 fully saturated rings. The van der Waals surface area contributed by atoms with E-state index < -0.39 is 12.5 Å². The Balaban J connectivity index is 0.000000170. The van der Waals surface area contributed by atoms with Gasteiger partial charge >= 0.3 is 6.61 Å². The number of benzene rings is 2. The fourth-order valence-corrected chi connectivity index (χ4v) is 1.69. The molecule has 2 bridgehead atoms. The second-order valence-electron chi connectivity index (χ2n) is 4.20. The number of fused-ring (bicyclic) bond motifs is 2. The van der Waals surface area contributed by atoms with E-state index in [9.17, 15) is 13.6 Å². The van der Waals surface area contributed by atoms with E-state index in [-0.39, 0.29) is 11.3 Å². The van der Waals surface area contributed by atoms with Crippen LogP contribution >= 0.6 is 0 Å². The Hall–Kier alpha value is -2.63. The van der Waals surface area contributed by atoms with Crippen LogP contribution in [0.4, 0.5) is 8.78 Å². The summed E-state index contributed by atoms with van der Waals surface area (Å²) in [6, 6.07) is 13.3. The van der Waals surface area contributed by atoms with Crippen molar-refractivity contribution >= 4 is 5.91 Å². The minimum absolute atomic E-state index is 0.000000000000000444. The van der Waals surface area contributed by atoms with Crippen LogP contribution in [0.2, 0.25) is 0 Å². The standard InChI is InChI=1S/C8H7F2NO2.C7H6O/c9-8(10)13-6-3-1-5(2-4-6)7(11)12;1-2-6-4-7(3-1)8-5-6/h1-4,8H,(H2,11,12);1-4H,5H2. The molecule has 2 N–H and O–H groups in total. The number of carbonyl (C=O) groups excluding carboxylic acids is 1. The van der Waals surface area contributed by atoms with Crippen LogP contribution < -0.4 is 15.2 Å². The number of halogens is 2. The van der Waals surface area contributed by atoms with Crippen molar-refractivity contribution in [2.24, 2.45) is 5.73 Å². The van der Waals surface area contributed by atoms with Gasteiger partial charge in [0.1, 0.15) is 18.1 Å². The zero-order valence-corrected chi connectivity index (χ0v) is 11.0. The van der Waals surface area contributed by atoms with Gasteiger partial charge in [0.2, 0.25) is 5.91 Å². The number of amides is 1. The normalized spacial score (nSPS) is 11.4. The van der Waals surface area contributed by atoms with E-state index in [0.717, 1.165) is 12.4 Å². The molecule has 110 valence electrons. The first-order valence-corrected chi connectivity index (χ1v) is 6.11. The maximum atomic E-state index is 11.7. The van der Waals surface area contributed by atoms with Crippen LogP contribution in [0.25, 0.3) is 0 Å². The largest absolute Gasteiger partial charge is 0.489 e. The summed E-state index contributed by atoms with van der Waals surface area (Å²) in [5.74, 6) is 0.395. The summed E-state index contributed by atoms with van der Waals surface area (Å²) in [4.78, 5) is 10.6. The number of hydrogen-bond donors (Lipinski definition) is 1. The average Bonchev–Trinajstić information content (AvgIpc) is 2.78. The molecule has 3 rings (SSSR count). The van der Waals surface area contributed by atoms with Crippen LogP contribution in [0.5, 0.6) is 11.5 Å². The lowest BCUT2D eigenvalue weighted by molar-refractivity contribution is -0.0498. The molecule has 0 radical (unpaired) electrons. The van der Waals surface area contributed by atoms with Gasteiger partial charge in [-0.2, -0.15) is 8.78 Å². The molecule has 0 aromatic heterocycles. The molecule has 1 amide bonds. The third-order valence-electron chi connectivity index (χ3n) is 2.67. The second kappa shape index (κ2) is 6.69. The first kappa shape index (κ1) is 14.8. The Bertz CT molecular complexity index is 595. The van der Waals surface area contributed by atoms with Crippen LogP contribution in [-0.4, -0.2) is 12.5 Å². The van der Waals surface area contributed by atoms with E-state index in [4.69, 9.17) is 10.5 Å². The van der Waals surface area contributed by atoms with Gasteiger partial charge in [-0.3, -0.25) is 4.79 Å². The molecule has 0 unspecified atom stereocenters. The van der Waals surface area contributed by atoms with Gasteiger partial charge in [-0.1, -0.05) is 12.1 Å². The summed E-state index contributed by atoms with van der Waals surface area (Å²) in [6.07, 6.45) is 0. The van der Waals surface area contributed by atoms with Gasteiger partial charge in [-0.25, -0.2) is 0 Å². The number of nitrogens with two attached hydrogens (primary N) is 1. The lowest BCUT2D eigenvalue weighted by Crippen LogP contribution is -2.10. The molecule has 4 nitrogen and oxygen atoms in total. The fourth-order valence-electron chi connectivity index (χ4n) is 1.69. The second-order valence-corrected chi connectivity index (χ2v) is 4.20. The van der Waals surface area contributed by atoms with E-state index >= 15 is 0 Å². The van der Waals surface area contributed by atoms with Crippen molar-refractivity contribution in [3.63, 3.8) is 0 Å². The Labute approximate surface area is 120 Å². The highest BCUT2D eigenvalue weighted by atomic mass is 19.3. The zero-order chi connectivity index (χ0) is 15.2. The van der Waals surface area contributed by atoms with Crippen molar-refractivity contribution in [1.82, 2.24) is 0 Å². The smallest absolute Gasteiger partial charge is 0.387 e. The Kier molecular flexibility index (Phi) is 4.71. The summed E-state index contributed by atoms with van der Waals surface area (Å²) in [5, 5.41) is 0. The van der Waals surface area contributed by atoms with Gasteiger partial charge in [0.15, 0.2) is 0 Å². The molecule has 0 saturated heterocycles. The first-order chi connectivity index (χ1) is 10.0. The van der Waals surface area contributed by atoms with E-state index in [0.29, 0.717) is 0 Å². The monoisotopic (exact) mass is 293 g/mol. The highest BCUT2D eigenvalue weighted by Crippen LogP contribution is 2.20.